The molecule has 1 atom stereocenters. The molecule has 2 aromatic rings. The highest BCUT2D eigenvalue weighted by atomic mass is 32.1. The fourth-order valence-corrected chi connectivity index (χ4v) is 2.64. The van der Waals surface area contributed by atoms with Gasteiger partial charge in [-0.1, -0.05) is 18.2 Å². The number of hydrogen-bond acceptors (Lipinski definition) is 4. The van der Waals surface area contributed by atoms with Crippen LogP contribution in [0.2, 0.25) is 0 Å². The molecule has 4 nitrogen and oxygen atoms in total. The zero-order chi connectivity index (χ0) is 15.3. The van der Waals surface area contributed by atoms with Gasteiger partial charge in [0.15, 0.2) is 6.61 Å². The van der Waals surface area contributed by atoms with Gasteiger partial charge in [-0.05, 0) is 47.9 Å². The van der Waals surface area contributed by atoms with E-state index in [0.717, 1.165) is 11.1 Å². The lowest BCUT2D eigenvalue weighted by Gasteiger charge is -2.22. The van der Waals surface area contributed by atoms with Crippen LogP contribution in [0.4, 0.5) is 0 Å². The normalized spacial score (nSPS) is 13.5. The number of carbonyl (C=O) groups is 1. The van der Waals surface area contributed by atoms with E-state index in [1.165, 1.54) is 11.3 Å². The fraction of sp³-hybridized carbons (Fsp3) is 0.312. The van der Waals surface area contributed by atoms with Gasteiger partial charge >= 0.3 is 0 Å². The molecule has 0 spiro atoms. The van der Waals surface area contributed by atoms with E-state index >= 15 is 0 Å². The summed E-state index contributed by atoms with van der Waals surface area (Å²) in [5, 5.41) is 16.8. The number of amides is 1. The van der Waals surface area contributed by atoms with Gasteiger partial charge in [0.1, 0.15) is 11.4 Å². The van der Waals surface area contributed by atoms with Gasteiger partial charge in [-0.2, -0.15) is 11.3 Å². The summed E-state index contributed by atoms with van der Waals surface area (Å²) >= 11 is 1.51. The van der Waals surface area contributed by atoms with Gasteiger partial charge in [0, 0.05) is 0 Å². The van der Waals surface area contributed by atoms with Crippen molar-refractivity contribution in [1.82, 2.24) is 5.32 Å². The Labute approximate surface area is 128 Å². The summed E-state index contributed by atoms with van der Waals surface area (Å²) in [4.78, 5) is 11.8. The molecule has 0 saturated heterocycles. The molecular formula is C16H19NO3S. The molecule has 5 heteroatoms. The van der Waals surface area contributed by atoms with Crippen LogP contribution in [0.3, 0.4) is 0 Å². The van der Waals surface area contributed by atoms with Gasteiger partial charge in [-0.3, -0.25) is 4.79 Å². The quantitative estimate of drug-likeness (QED) is 0.862. The second-order valence-electron chi connectivity index (χ2n) is 5.12. The molecule has 0 bridgehead atoms. The van der Waals surface area contributed by atoms with Crippen molar-refractivity contribution in [2.45, 2.75) is 19.4 Å². The minimum Gasteiger partial charge on any atom is -0.484 e. The van der Waals surface area contributed by atoms with Crippen LogP contribution >= 0.6 is 11.3 Å². The third kappa shape index (κ3) is 4.31. The first-order valence-corrected chi connectivity index (χ1v) is 7.63. The monoisotopic (exact) mass is 305 g/mol. The van der Waals surface area contributed by atoms with Crippen molar-refractivity contribution in [3.05, 3.63) is 52.2 Å². The maximum atomic E-state index is 11.8. The number of nitrogens with one attached hydrogen (secondary N) is 1. The van der Waals surface area contributed by atoms with Gasteiger partial charge in [0.25, 0.3) is 5.91 Å². The van der Waals surface area contributed by atoms with E-state index in [-0.39, 0.29) is 19.1 Å². The second kappa shape index (κ2) is 6.74. The number of ether oxygens (including phenoxy) is 1. The number of rotatable bonds is 6. The Hall–Kier alpha value is -1.85. The van der Waals surface area contributed by atoms with Crippen LogP contribution in [0.5, 0.6) is 5.75 Å². The van der Waals surface area contributed by atoms with Gasteiger partial charge in [-0.15, -0.1) is 0 Å². The van der Waals surface area contributed by atoms with Crippen molar-refractivity contribution in [2.24, 2.45) is 0 Å². The number of para-hydroxylation sites is 1. The van der Waals surface area contributed by atoms with E-state index in [2.05, 4.69) is 5.32 Å². The van der Waals surface area contributed by atoms with E-state index in [9.17, 15) is 9.90 Å². The van der Waals surface area contributed by atoms with Crippen molar-refractivity contribution in [2.75, 3.05) is 13.2 Å². The van der Waals surface area contributed by atoms with Crippen molar-refractivity contribution >= 4 is 17.2 Å². The highest BCUT2D eigenvalue weighted by Gasteiger charge is 2.24. The van der Waals surface area contributed by atoms with Crippen molar-refractivity contribution in [3.8, 4) is 5.75 Å². The van der Waals surface area contributed by atoms with Crippen LogP contribution in [0, 0.1) is 6.92 Å². The Morgan fingerprint density at radius 1 is 1.38 bits per heavy atom. The van der Waals surface area contributed by atoms with Crippen LogP contribution in [0.15, 0.2) is 41.1 Å². The SMILES string of the molecule is Cc1ccccc1OCC(=O)NCC(C)(O)c1ccsc1. The number of aliphatic hydroxyl groups is 1. The Bertz CT molecular complexity index is 593. The van der Waals surface area contributed by atoms with Crippen molar-refractivity contribution in [1.29, 1.82) is 0 Å². The van der Waals surface area contributed by atoms with E-state index in [1.807, 2.05) is 48.0 Å². The van der Waals surface area contributed by atoms with E-state index < -0.39 is 5.60 Å². The lowest BCUT2D eigenvalue weighted by Crippen LogP contribution is -2.40. The summed E-state index contributed by atoms with van der Waals surface area (Å²) in [6.07, 6.45) is 0. The lowest BCUT2D eigenvalue weighted by atomic mass is 9.99. The Balaban J connectivity index is 1.82. The average Bonchev–Trinajstić information content (AvgIpc) is 2.99. The molecule has 2 N–H and O–H groups in total. The molecule has 112 valence electrons. The number of hydrogen-bond donors (Lipinski definition) is 2. The van der Waals surface area contributed by atoms with Gasteiger partial charge < -0.3 is 15.2 Å². The highest BCUT2D eigenvalue weighted by Crippen LogP contribution is 2.22. The number of aryl methyl sites for hydroxylation is 1. The molecule has 2 rings (SSSR count). The van der Waals surface area contributed by atoms with Crippen LogP contribution in [0.25, 0.3) is 0 Å². The molecule has 0 fully saturated rings. The third-order valence-electron chi connectivity index (χ3n) is 3.23. The molecular weight excluding hydrogens is 286 g/mol. The summed E-state index contributed by atoms with van der Waals surface area (Å²) in [5.74, 6) is 0.436. The highest BCUT2D eigenvalue weighted by molar-refractivity contribution is 7.08. The Morgan fingerprint density at radius 3 is 2.81 bits per heavy atom. The van der Waals surface area contributed by atoms with Crippen molar-refractivity contribution in [3.63, 3.8) is 0 Å². The minimum atomic E-state index is -1.07. The topological polar surface area (TPSA) is 58.6 Å². The summed E-state index contributed by atoms with van der Waals surface area (Å²) < 4.78 is 5.46. The number of carbonyl (C=O) groups excluding carboxylic acids is 1. The van der Waals surface area contributed by atoms with Gasteiger partial charge in [-0.25, -0.2) is 0 Å². The van der Waals surface area contributed by atoms with Crippen molar-refractivity contribution < 1.29 is 14.6 Å². The average molecular weight is 305 g/mol. The van der Waals surface area contributed by atoms with E-state index in [0.29, 0.717) is 5.75 Å². The molecule has 1 aromatic heterocycles. The van der Waals surface area contributed by atoms with Crippen LogP contribution < -0.4 is 10.1 Å². The first kappa shape index (κ1) is 15.5. The molecule has 1 amide bonds. The minimum absolute atomic E-state index is 0.0649. The first-order chi connectivity index (χ1) is 9.99. The fourth-order valence-electron chi connectivity index (χ4n) is 1.86. The first-order valence-electron chi connectivity index (χ1n) is 6.69. The lowest BCUT2D eigenvalue weighted by molar-refractivity contribution is -0.124. The molecule has 21 heavy (non-hydrogen) atoms. The summed E-state index contributed by atoms with van der Waals surface area (Å²) in [6.45, 7) is 3.69. The maximum absolute atomic E-state index is 11.8. The predicted octanol–water partition coefficient (Wildman–Crippen LogP) is 2.46. The second-order valence-corrected chi connectivity index (χ2v) is 5.90. The molecule has 1 unspecified atom stereocenters. The van der Waals surface area contributed by atoms with E-state index in [4.69, 9.17) is 4.74 Å². The number of thiophene rings is 1. The maximum Gasteiger partial charge on any atom is 0.258 e. The van der Waals surface area contributed by atoms with E-state index in [1.54, 1.807) is 6.92 Å². The Kier molecular flexibility index (Phi) is 4.98. The molecule has 0 saturated carbocycles. The standard InChI is InChI=1S/C16H19NO3S/c1-12-5-3-4-6-14(12)20-9-15(18)17-11-16(2,19)13-7-8-21-10-13/h3-8,10,19H,9,11H2,1-2H3,(H,17,18). The molecule has 1 heterocycles. The molecule has 0 aliphatic carbocycles. The molecule has 0 aliphatic rings. The summed E-state index contributed by atoms with van der Waals surface area (Å²) in [6, 6.07) is 9.38. The smallest absolute Gasteiger partial charge is 0.258 e. The predicted molar refractivity (Wildman–Crippen MR) is 83.6 cm³/mol. The van der Waals surface area contributed by atoms with Crippen LogP contribution in [0.1, 0.15) is 18.1 Å². The summed E-state index contributed by atoms with van der Waals surface area (Å²) in [7, 11) is 0. The van der Waals surface area contributed by atoms with Crippen LogP contribution in [-0.4, -0.2) is 24.2 Å². The zero-order valence-electron chi connectivity index (χ0n) is 12.1. The van der Waals surface area contributed by atoms with Crippen LogP contribution in [-0.2, 0) is 10.4 Å². The Morgan fingerprint density at radius 2 is 2.14 bits per heavy atom. The third-order valence-corrected chi connectivity index (χ3v) is 3.91. The molecule has 1 aromatic carbocycles. The molecule has 0 radical (unpaired) electrons. The van der Waals surface area contributed by atoms with Gasteiger partial charge in [0.2, 0.25) is 0 Å². The zero-order valence-corrected chi connectivity index (χ0v) is 12.9. The summed E-state index contributed by atoms with van der Waals surface area (Å²) in [5.41, 5.74) is 0.710. The van der Waals surface area contributed by atoms with Gasteiger partial charge in [0.05, 0.1) is 6.54 Å². The number of benzene rings is 1. The molecule has 0 aliphatic heterocycles. The largest absolute Gasteiger partial charge is 0.484 e.